The fourth-order valence-corrected chi connectivity index (χ4v) is 3.35. The molecule has 1 N–H and O–H groups in total. The summed E-state index contributed by atoms with van der Waals surface area (Å²) in [6.45, 7) is 1.12. The van der Waals surface area contributed by atoms with Crippen LogP contribution in [0.15, 0.2) is 0 Å². The van der Waals surface area contributed by atoms with E-state index in [0.29, 0.717) is 0 Å². The van der Waals surface area contributed by atoms with Crippen LogP contribution in [0.4, 0.5) is 0 Å². The second kappa shape index (κ2) is 4.65. The molecule has 0 aromatic rings. The van der Waals surface area contributed by atoms with Gasteiger partial charge in [0.25, 0.3) is 0 Å². The van der Waals surface area contributed by atoms with Gasteiger partial charge in [0.2, 0.25) is 0 Å². The number of alkyl halides is 1. The molecule has 1 saturated heterocycles. The van der Waals surface area contributed by atoms with Crippen LogP contribution in [0.2, 0.25) is 0 Å². The Morgan fingerprint density at radius 1 is 0.923 bits per heavy atom. The number of hydrogen-bond donors (Lipinski definition) is 1. The molecule has 2 heteroatoms. The quantitative estimate of drug-likeness (QED) is 0.508. The molecule has 0 aromatic heterocycles. The topological polar surface area (TPSA) is 12.0 Å². The van der Waals surface area contributed by atoms with Gasteiger partial charge < -0.3 is 5.32 Å². The Morgan fingerprint density at radius 3 is 2.38 bits per heavy atom. The highest BCUT2D eigenvalue weighted by Gasteiger charge is 2.30. The van der Waals surface area contributed by atoms with Crippen LogP contribution in [-0.4, -0.2) is 12.0 Å². The first-order valence-corrected chi connectivity index (χ1v) is 6.19. The number of piperidine rings is 1. The number of hydrogen-bond acceptors (Lipinski definition) is 1. The molecule has 76 valence electrons. The molecule has 0 amide bonds. The smallest absolute Gasteiger partial charge is 0.0856 e. The standard InChI is InChI=1S/C11H20ClN/c12-11-10(7-4-8-13-11)9-5-2-1-3-6-9/h9-11,13H,1-8H2. The third kappa shape index (κ3) is 2.38. The second-order valence-electron chi connectivity index (χ2n) is 4.56. The Balaban J connectivity index is 1.88. The van der Waals surface area contributed by atoms with E-state index in [4.69, 9.17) is 11.6 Å². The van der Waals surface area contributed by atoms with Gasteiger partial charge in [-0.25, -0.2) is 0 Å². The Labute approximate surface area is 86.2 Å². The first-order valence-electron chi connectivity index (χ1n) is 5.75. The fourth-order valence-electron chi connectivity index (χ4n) is 2.91. The fraction of sp³-hybridized carbons (Fsp3) is 1.00. The maximum atomic E-state index is 6.30. The number of halogens is 1. The van der Waals surface area contributed by atoms with Gasteiger partial charge in [0.05, 0.1) is 5.50 Å². The van der Waals surface area contributed by atoms with Gasteiger partial charge >= 0.3 is 0 Å². The summed E-state index contributed by atoms with van der Waals surface area (Å²) in [5.41, 5.74) is 0.261. The van der Waals surface area contributed by atoms with Crippen LogP contribution in [0.3, 0.4) is 0 Å². The highest BCUT2D eigenvalue weighted by molar-refractivity contribution is 6.20. The van der Waals surface area contributed by atoms with E-state index in [1.165, 1.54) is 44.9 Å². The van der Waals surface area contributed by atoms with Crippen molar-refractivity contribution >= 4 is 11.6 Å². The minimum absolute atomic E-state index is 0.261. The Morgan fingerprint density at radius 2 is 1.69 bits per heavy atom. The summed E-state index contributed by atoms with van der Waals surface area (Å²) in [6, 6.07) is 0. The summed E-state index contributed by atoms with van der Waals surface area (Å²) < 4.78 is 0. The molecule has 1 heterocycles. The zero-order chi connectivity index (χ0) is 9.10. The number of nitrogens with one attached hydrogen (secondary N) is 1. The molecule has 2 unspecified atom stereocenters. The molecule has 1 saturated carbocycles. The van der Waals surface area contributed by atoms with E-state index in [9.17, 15) is 0 Å². The Bertz CT molecular complexity index is 154. The van der Waals surface area contributed by atoms with E-state index in [1.807, 2.05) is 0 Å². The van der Waals surface area contributed by atoms with Crippen molar-refractivity contribution < 1.29 is 0 Å². The Kier molecular flexibility index (Phi) is 3.51. The lowest BCUT2D eigenvalue weighted by molar-refractivity contribution is 0.192. The summed E-state index contributed by atoms with van der Waals surface area (Å²) >= 11 is 6.30. The third-order valence-electron chi connectivity index (χ3n) is 3.68. The monoisotopic (exact) mass is 201 g/mol. The summed E-state index contributed by atoms with van der Waals surface area (Å²) in [5.74, 6) is 1.68. The van der Waals surface area contributed by atoms with E-state index in [0.717, 1.165) is 18.4 Å². The highest BCUT2D eigenvalue weighted by atomic mass is 35.5. The maximum absolute atomic E-state index is 6.30. The normalized spacial score (nSPS) is 37.6. The van der Waals surface area contributed by atoms with E-state index < -0.39 is 0 Å². The van der Waals surface area contributed by atoms with Crippen LogP contribution in [0.5, 0.6) is 0 Å². The van der Waals surface area contributed by atoms with E-state index in [-0.39, 0.29) is 5.50 Å². The van der Waals surface area contributed by atoms with Crippen LogP contribution in [0.25, 0.3) is 0 Å². The summed E-state index contributed by atoms with van der Waals surface area (Å²) in [5, 5.41) is 3.39. The molecule has 0 radical (unpaired) electrons. The van der Waals surface area contributed by atoms with Crippen molar-refractivity contribution in [3.63, 3.8) is 0 Å². The largest absolute Gasteiger partial charge is 0.301 e. The van der Waals surface area contributed by atoms with Crippen molar-refractivity contribution in [2.45, 2.75) is 50.4 Å². The molecule has 2 fully saturated rings. The highest BCUT2D eigenvalue weighted by Crippen LogP contribution is 2.36. The molecule has 2 aliphatic rings. The SMILES string of the molecule is ClC1NCCCC1C1CCCCC1. The van der Waals surface area contributed by atoms with Gasteiger partial charge in [-0.2, -0.15) is 0 Å². The molecule has 0 aromatic carbocycles. The lowest BCUT2D eigenvalue weighted by Gasteiger charge is -2.36. The van der Waals surface area contributed by atoms with Crippen molar-refractivity contribution in [2.24, 2.45) is 11.8 Å². The average Bonchev–Trinajstić information content (AvgIpc) is 2.20. The third-order valence-corrected chi connectivity index (χ3v) is 4.16. The zero-order valence-corrected chi connectivity index (χ0v) is 9.02. The van der Waals surface area contributed by atoms with Crippen molar-refractivity contribution in [1.29, 1.82) is 0 Å². The van der Waals surface area contributed by atoms with Gasteiger partial charge in [-0.15, -0.1) is 11.6 Å². The molecule has 1 aliphatic carbocycles. The van der Waals surface area contributed by atoms with Crippen molar-refractivity contribution in [3.05, 3.63) is 0 Å². The lowest BCUT2D eigenvalue weighted by Crippen LogP contribution is -2.41. The molecular weight excluding hydrogens is 182 g/mol. The molecule has 0 bridgehead atoms. The van der Waals surface area contributed by atoms with Crippen LogP contribution in [-0.2, 0) is 0 Å². The molecule has 13 heavy (non-hydrogen) atoms. The van der Waals surface area contributed by atoms with E-state index in [1.54, 1.807) is 0 Å². The minimum atomic E-state index is 0.261. The predicted molar refractivity (Wildman–Crippen MR) is 56.9 cm³/mol. The maximum Gasteiger partial charge on any atom is 0.0856 e. The van der Waals surface area contributed by atoms with Gasteiger partial charge in [0, 0.05) is 0 Å². The number of rotatable bonds is 1. The van der Waals surface area contributed by atoms with Crippen molar-refractivity contribution in [2.75, 3.05) is 6.54 Å². The molecular formula is C11H20ClN. The predicted octanol–water partition coefficient (Wildman–Crippen LogP) is 3.13. The first-order chi connectivity index (χ1) is 6.38. The molecule has 1 nitrogen and oxygen atoms in total. The molecule has 2 rings (SSSR count). The van der Waals surface area contributed by atoms with Gasteiger partial charge in [0.15, 0.2) is 0 Å². The average molecular weight is 202 g/mol. The summed E-state index contributed by atoms with van der Waals surface area (Å²) in [4.78, 5) is 0. The Hall–Kier alpha value is 0.250. The molecule has 1 aliphatic heterocycles. The van der Waals surface area contributed by atoms with Crippen LogP contribution in [0.1, 0.15) is 44.9 Å². The molecule has 0 spiro atoms. The van der Waals surface area contributed by atoms with Crippen LogP contribution in [0, 0.1) is 11.8 Å². The first kappa shape index (κ1) is 9.79. The summed E-state index contributed by atoms with van der Waals surface area (Å²) in [7, 11) is 0. The van der Waals surface area contributed by atoms with Gasteiger partial charge in [-0.05, 0) is 31.2 Å². The second-order valence-corrected chi connectivity index (χ2v) is 5.03. The summed E-state index contributed by atoms with van der Waals surface area (Å²) in [6.07, 6.45) is 9.85. The minimum Gasteiger partial charge on any atom is -0.301 e. The van der Waals surface area contributed by atoms with Crippen molar-refractivity contribution in [3.8, 4) is 0 Å². The van der Waals surface area contributed by atoms with Crippen LogP contribution < -0.4 is 5.32 Å². The van der Waals surface area contributed by atoms with Gasteiger partial charge in [-0.1, -0.05) is 32.1 Å². The molecule has 2 atom stereocenters. The van der Waals surface area contributed by atoms with E-state index >= 15 is 0 Å². The van der Waals surface area contributed by atoms with Crippen LogP contribution >= 0.6 is 11.6 Å². The van der Waals surface area contributed by atoms with E-state index in [2.05, 4.69) is 5.32 Å². The zero-order valence-electron chi connectivity index (χ0n) is 8.27. The van der Waals surface area contributed by atoms with Gasteiger partial charge in [-0.3, -0.25) is 0 Å². The lowest BCUT2D eigenvalue weighted by atomic mass is 9.77. The van der Waals surface area contributed by atoms with Crippen molar-refractivity contribution in [1.82, 2.24) is 5.32 Å². The van der Waals surface area contributed by atoms with Gasteiger partial charge in [0.1, 0.15) is 0 Å².